The van der Waals surface area contributed by atoms with Crippen LogP contribution in [-0.2, 0) is 21.7 Å². The van der Waals surface area contributed by atoms with E-state index in [-0.39, 0.29) is 35.1 Å². The first-order valence-electron chi connectivity index (χ1n) is 31.8. The summed E-state index contributed by atoms with van der Waals surface area (Å²) in [7, 11) is 0. The van der Waals surface area contributed by atoms with Crippen molar-refractivity contribution in [1.82, 2.24) is 9.13 Å². The van der Waals surface area contributed by atoms with Crippen molar-refractivity contribution in [2.24, 2.45) is 0 Å². The molecule has 434 valence electrons. The molecule has 2 aliphatic heterocycles. The minimum absolute atomic E-state index is 0.00708. The van der Waals surface area contributed by atoms with Crippen LogP contribution in [0, 0.1) is 76.2 Å². The van der Waals surface area contributed by atoms with Gasteiger partial charge in [0.2, 0.25) is 13.4 Å². The normalized spacial score (nSPS) is 13.7. The summed E-state index contributed by atoms with van der Waals surface area (Å²) >= 11 is 0. The van der Waals surface area contributed by atoms with Crippen LogP contribution in [0.3, 0.4) is 0 Å². The molecule has 0 atom stereocenters. The molecule has 2 aliphatic rings. The zero-order valence-electron chi connectivity index (χ0n) is 56.0. The molecule has 5 heteroatoms. The highest BCUT2D eigenvalue weighted by molar-refractivity contribution is 7.02. The van der Waals surface area contributed by atoms with E-state index >= 15 is 0 Å². The van der Waals surface area contributed by atoms with Gasteiger partial charge < -0.3 is 14.0 Å². The van der Waals surface area contributed by atoms with E-state index in [4.69, 9.17) is 0 Å². The first kappa shape index (κ1) is 57.6. The summed E-state index contributed by atoms with van der Waals surface area (Å²) in [5.41, 5.74) is 39.9. The average molecular weight is 1130 g/mol. The smallest absolute Gasteiger partial charge is 0.247 e. The van der Waals surface area contributed by atoms with E-state index in [0.29, 0.717) is 0 Å². The van der Waals surface area contributed by atoms with Crippen LogP contribution >= 0.6 is 0 Å². The zero-order valence-corrected chi connectivity index (χ0v) is 56.0. The van der Waals surface area contributed by atoms with E-state index in [1.54, 1.807) is 0 Å². The van der Waals surface area contributed by atoms with E-state index < -0.39 is 0 Å². The van der Waals surface area contributed by atoms with Gasteiger partial charge >= 0.3 is 0 Å². The lowest BCUT2D eigenvalue weighted by molar-refractivity contribution is 0.590. The van der Waals surface area contributed by atoms with Crippen molar-refractivity contribution < 1.29 is 0 Å². The minimum atomic E-state index is -0.0239. The second kappa shape index (κ2) is 19.3. The maximum atomic E-state index is 2.75. The van der Waals surface area contributed by atoms with Gasteiger partial charge in [-0.3, -0.25) is 0 Å². The van der Waals surface area contributed by atoms with Gasteiger partial charge in [-0.05, 0) is 248 Å². The fraction of sp³-hybridized carbons (Fsp3) is 0.333. The van der Waals surface area contributed by atoms with E-state index in [9.17, 15) is 0 Å². The van der Waals surface area contributed by atoms with Gasteiger partial charge in [0.15, 0.2) is 0 Å². The number of nitrogens with zero attached hydrogens (tertiary/aromatic N) is 3. The summed E-state index contributed by atoms with van der Waals surface area (Å²) in [4.78, 5) is 2.75. The van der Waals surface area contributed by atoms with Crippen LogP contribution in [0.2, 0.25) is 0 Å². The first-order valence-corrected chi connectivity index (χ1v) is 31.8. The van der Waals surface area contributed by atoms with Crippen LogP contribution in [0.15, 0.2) is 121 Å². The fourth-order valence-corrected chi connectivity index (χ4v) is 15.5. The molecule has 0 bridgehead atoms. The molecular weight excluding hydrogens is 1040 g/mol. The SMILES string of the molecule is Cc1cc2c3c(c1)B(c1c(C)c(C)c(C)c(C)c1C)c1ccc(-n4c5ccc(C(C)(C)C)cc5c5cc(C(C)(C)C)ccc54)cc1N3c1cc(-n3c4ccc(C(C)(C)C)cc4c4cc(C(C)(C)C)ccc43)ccc1B2c1c(C)c(C)c(C)c(C)c1C. The number of fused-ring (bicyclic) bond motifs is 10. The lowest BCUT2D eigenvalue weighted by Gasteiger charge is -2.45. The molecule has 2 aromatic heterocycles. The molecule has 86 heavy (non-hydrogen) atoms. The highest BCUT2D eigenvalue weighted by Crippen LogP contribution is 2.45. The number of benzene rings is 9. The quantitative estimate of drug-likeness (QED) is 0.160. The molecule has 4 heterocycles. The van der Waals surface area contributed by atoms with Gasteiger partial charge in [0.05, 0.1) is 22.1 Å². The molecule has 0 N–H and O–H groups in total. The highest BCUT2D eigenvalue weighted by Gasteiger charge is 2.46. The largest absolute Gasteiger partial charge is 0.312 e. The summed E-state index contributed by atoms with van der Waals surface area (Å²) < 4.78 is 5.15. The van der Waals surface area contributed by atoms with Gasteiger partial charge in [0.25, 0.3) is 0 Å². The molecule has 0 saturated heterocycles. The summed E-state index contributed by atoms with van der Waals surface area (Å²) in [5.74, 6) is 0. The summed E-state index contributed by atoms with van der Waals surface area (Å²) in [5, 5.41) is 5.20. The molecule has 13 rings (SSSR count). The van der Waals surface area contributed by atoms with Crippen LogP contribution in [-0.4, -0.2) is 22.6 Å². The van der Waals surface area contributed by atoms with E-state index in [2.05, 4.69) is 295 Å². The van der Waals surface area contributed by atoms with E-state index in [0.717, 1.165) is 0 Å². The zero-order chi connectivity index (χ0) is 61.7. The third kappa shape index (κ3) is 8.50. The second-order valence-corrected chi connectivity index (χ2v) is 30.7. The first-order chi connectivity index (χ1) is 40.3. The van der Waals surface area contributed by atoms with Gasteiger partial charge in [-0.25, -0.2) is 0 Å². The molecule has 0 radical (unpaired) electrons. The topological polar surface area (TPSA) is 13.1 Å². The fourth-order valence-electron chi connectivity index (χ4n) is 15.5. The average Bonchev–Trinajstić information content (AvgIpc) is 0.772. The predicted octanol–water partition coefficient (Wildman–Crippen LogP) is 17.6. The van der Waals surface area contributed by atoms with Crippen LogP contribution in [0.5, 0.6) is 0 Å². The van der Waals surface area contributed by atoms with Crippen LogP contribution in [0.4, 0.5) is 17.1 Å². The summed E-state index contributed by atoms with van der Waals surface area (Å²) in [6, 6.07) is 49.3. The monoisotopic (exact) mass is 1130 g/mol. The summed E-state index contributed by atoms with van der Waals surface area (Å²) in [6.07, 6.45) is 0. The van der Waals surface area contributed by atoms with Gasteiger partial charge in [-0.1, -0.05) is 170 Å². The molecular formula is C81H89B2N3. The lowest BCUT2D eigenvalue weighted by atomic mass is 9.29. The number of hydrogen-bond acceptors (Lipinski definition) is 1. The minimum Gasteiger partial charge on any atom is -0.312 e. The molecule has 9 aromatic carbocycles. The van der Waals surface area contributed by atoms with Crippen molar-refractivity contribution in [3.8, 4) is 11.4 Å². The maximum Gasteiger partial charge on any atom is 0.247 e. The van der Waals surface area contributed by atoms with Gasteiger partial charge in [-0.15, -0.1) is 0 Å². The number of hydrogen-bond donors (Lipinski definition) is 0. The van der Waals surface area contributed by atoms with Crippen LogP contribution in [0.25, 0.3) is 55.0 Å². The molecule has 0 amide bonds. The molecule has 3 nitrogen and oxygen atoms in total. The Morgan fingerprint density at radius 2 is 0.547 bits per heavy atom. The van der Waals surface area contributed by atoms with Crippen molar-refractivity contribution >= 4 is 107 Å². The Morgan fingerprint density at radius 3 is 0.814 bits per heavy atom. The van der Waals surface area contributed by atoms with Crippen molar-refractivity contribution in [2.75, 3.05) is 4.90 Å². The maximum absolute atomic E-state index is 2.75. The molecule has 11 aromatic rings. The predicted molar refractivity (Wildman–Crippen MR) is 379 cm³/mol. The molecule has 0 aliphatic carbocycles. The number of aryl methyl sites for hydroxylation is 1. The van der Waals surface area contributed by atoms with Crippen LogP contribution in [0.1, 0.15) is 167 Å². The standard InChI is InChI=1S/C81H89B2N3/c1-44-36-67-77-68(37-44)83(76-53(10)49(6)46(3)50(7)54(76)11)66-31-29-60(85-71-34-26-57(80(18,19)20)40-63(71)64-41-58(81(21,22)23)27-35-72(64)85)43-74(66)86(77)73-42-59(28-30-65(73)82(67)75-51(8)47(4)45(2)48(5)52(75)9)84-69-32-24-55(78(12,13)14)38-61(69)62-39-56(79(15,16)17)25-33-70(62)84/h24-43H,1-23H3. The highest BCUT2D eigenvalue weighted by atomic mass is 15.2. The summed E-state index contributed by atoms with van der Waals surface area (Å²) in [6.45, 7) is 54.0. The molecule has 0 saturated carbocycles. The van der Waals surface area contributed by atoms with Gasteiger partial charge in [-0.2, -0.15) is 0 Å². The second-order valence-electron chi connectivity index (χ2n) is 30.7. The Hall–Kier alpha value is -7.49. The molecule has 0 spiro atoms. The molecule has 0 fully saturated rings. The Kier molecular flexibility index (Phi) is 12.9. The van der Waals surface area contributed by atoms with E-state index in [1.165, 1.54) is 188 Å². The lowest BCUT2D eigenvalue weighted by Crippen LogP contribution is -2.66. The third-order valence-electron chi connectivity index (χ3n) is 21.5. The Morgan fingerprint density at radius 1 is 0.279 bits per heavy atom. The van der Waals surface area contributed by atoms with Crippen molar-refractivity contribution in [1.29, 1.82) is 0 Å². The Bertz CT molecular complexity index is 4260. The Labute approximate surface area is 515 Å². The number of aromatic nitrogens is 2. The van der Waals surface area contributed by atoms with Gasteiger partial charge in [0, 0.05) is 50.0 Å². The third-order valence-corrected chi connectivity index (χ3v) is 21.5. The van der Waals surface area contributed by atoms with Crippen molar-refractivity contribution in [2.45, 2.75) is 181 Å². The number of rotatable bonds is 4. The number of anilines is 3. The van der Waals surface area contributed by atoms with Crippen molar-refractivity contribution in [3.05, 3.63) is 205 Å². The molecule has 0 unspecified atom stereocenters. The van der Waals surface area contributed by atoms with Crippen LogP contribution < -0.4 is 37.7 Å². The van der Waals surface area contributed by atoms with E-state index in [1.807, 2.05) is 0 Å². The van der Waals surface area contributed by atoms with Crippen molar-refractivity contribution in [3.63, 3.8) is 0 Å². The van der Waals surface area contributed by atoms with Gasteiger partial charge in [0.1, 0.15) is 0 Å². The Balaban J connectivity index is 1.18.